The molecule has 0 radical (unpaired) electrons. The Morgan fingerprint density at radius 1 is 1.33 bits per heavy atom. The first-order valence-corrected chi connectivity index (χ1v) is 5.79. The van der Waals surface area contributed by atoms with E-state index in [1.807, 2.05) is 0 Å². The summed E-state index contributed by atoms with van der Waals surface area (Å²) in [6.07, 6.45) is 2.13. The average molecular weight is 248 g/mol. The molecule has 1 aliphatic heterocycles. The zero-order chi connectivity index (χ0) is 10.8. The number of rotatable bonds is 1. The predicted octanol–water partition coefficient (Wildman–Crippen LogP) is 3.60. The number of piperidine rings is 1. The summed E-state index contributed by atoms with van der Waals surface area (Å²) in [6, 6.07) is 3.02. The summed E-state index contributed by atoms with van der Waals surface area (Å²) in [7, 11) is 0. The zero-order valence-electron chi connectivity index (χ0n) is 8.19. The summed E-state index contributed by atoms with van der Waals surface area (Å²) < 4.78 is 13.4. The lowest BCUT2D eigenvalue weighted by Gasteiger charge is -2.24. The standard InChI is InChI=1S/C11H12Cl2FN/c12-8-4-9(11(13)10(14)5-8)7-2-1-3-15-6-7/h4-5,7,15H,1-3,6H2. The smallest absolute Gasteiger partial charge is 0.143 e. The second-order valence-electron chi connectivity index (χ2n) is 3.83. The van der Waals surface area contributed by atoms with Crippen LogP contribution in [0, 0.1) is 5.82 Å². The highest BCUT2D eigenvalue weighted by atomic mass is 35.5. The molecule has 1 nitrogen and oxygen atoms in total. The molecule has 1 aliphatic rings. The van der Waals surface area contributed by atoms with Crippen molar-refractivity contribution >= 4 is 23.2 Å². The van der Waals surface area contributed by atoms with Crippen LogP contribution >= 0.6 is 23.2 Å². The van der Waals surface area contributed by atoms with Gasteiger partial charge in [-0.2, -0.15) is 0 Å². The summed E-state index contributed by atoms with van der Waals surface area (Å²) >= 11 is 11.8. The highest BCUT2D eigenvalue weighted by molar-refractivity contribution is 6.33. The molecule has 1 fully saturated rings. The zero-order valence-corrected chi connectivity index (χ0v) is 9.71. The predicted molar refractivity (Wildman–Crippen MR) is 61.3 cm³/mol. The lowest BCUT2D eigenvalue weighted by molar-refractivity contribution is 0.460. The third kappa shape index (κ3) is 2.44. The fourth-order valence-electron chi connectivity index (χ4n) is 1.99. The fourth-order valence-corrected chi connectivity index (χ4v) is 2.47. The van der Waals surface area contributed by atoms with E-state index < -0.39 is 5.82 Å². The summed E-state index contributed by atoms with van der Waals surface area (Å²) in [5.74, 6) is -0.149. The maximum atomic E-state index is 13.4. The summed E-state index contributed by atoms with van der Waals surface area (Å²) in [6.45, 7) is 1.87. The van der Waals surface area contributed by atoms with Gasteiger partial charge in [-0.25, -0.2) is 4.39 Å². The average Bonchev–Trinajstić information content (AvgIpc) is 2.24. The molecule has 15 heavy (non-hydrogen) atoms. The monoisotopic (exact) mass is 247 g/mol. The van der Waals surface area contributed by atoms with Gasteiger partial charge < -0.3 is 5.32 Å². The van der Waals surface area contributed by atoms with Gasteiger partial charge in [-0.1, -0.05) is 23.2 Å². The Morgan fingerprint density at radius 3 is 2.80 bits per heavy atom. The molecular formula is C11H12Cl2FN. The van der Waals surface area contributed by atoms with Gasteiger partial charge in [-0.05, 0) is 43.0 Å². The van der Waals surface area contributed by atoms with Crippen molar-refractivity contribution in [2.24, 2.45) is 0 Å². The van der Waals surface area contributed by atoms with Gasteiger partial charge >= 0.3 is 0 Å². The molecule has 1 aromatic carbocycles. The van der Waals surface area contributed by atoms with Gasteiger partial charge in [0, 0.05) is 11.6 Å². The Labute approximate surface area is 98.6 Å². The molecule has 0 aromatic heterocycles. The molecular weight excluding hydrogens is 236 g/mol. The highest BCUT2D eigenvalue weighted by Crippen LogP contribution is 2.33. The topological polar surface area (TPSA) is 12.0 Å². The molecule has 1 saturated heterocycles. The van der Waals surface area contributed by atoms with Crippen LogP contribution in [0.3, 0.4) is 0 Å². The molecule has 0 spiro atoms. The molecule has 0 aliphatic carbocycles. The van der Waals surface area contributed by atoms with Crippen molar-refractivity contribution in [1.29, 1.82) is 0 Å². The van der Waals surface area contributed by atoms with Crippen molar-refractivity contribution in [2.75, 3.05) is 13.1 Å². The summed E-state index contributed by atoms with van der Waals surface area (Å²) in [5, 5.41) is 3.91. The van der Waals surface area contributed by atoms with Crippen molar-refractivity contribution < 1.29 is 4.39 Å². The van der Waals surface area contributed by atoms with E-state index in [1.54, 1.807) is 6.07 Å². The minimum Gasteiger partial charge on any atom is -0.316 e. The third-order valence-electron chi connectivity index (χ3n) is 2.76. The van der Waals surface area contributed by atoms with Crippen LogP contribution in [0.2, 0.25) is 10.0 Å². The number of nitrogens with one attached hydrogen (secondary N) is 1. The lowest BCUT2D eigenvalue weighted by atomic mass is 9.91. The molecule has 1 aromatic rings. The van der Waals surface area contributed by atoms with Gasteiger partial charge in [0.05, 0.1) is 5.02 Å². The number of hydrogen-bond acceptors (Lipinski definition) is 1. The normalized spacial score (nSPS) is 21.7. The molecule has 1 heterocycles. The van der Waals surface area contributed by atoms with Crippen LogP contribution in [0.25, 0.3) is 0 Å². The van der Waals surface area contributed by atoms with Crippen LogP contribution in [0.4, 0.5) is 4.39 Å². The van der Waals surface area contributed by atoms with Crippen LogP contribution in [-0.4, -0.2) is 13.1 Å². The Balaban J connectivity index is 2.33. The third-order valence-corrected chi connectivity index (χ3v) is 3.37. The van der Waals surface area contributed by atoms with E-state index in [2.05, 4.69) is 5.32 Å². The molecule has 1 unspecified atom stereocenters. The number of benzene rings is 1. The van der Waals surface area contributed by atoms with E-state index in [1.165, 1.54) is 6.07 Å². The van der Waals surface area contributed by atoms with Crippen molar-refractivity contribution in [1.82, 2.24) is 5.32 Å². The quantitative estimate of drug-likeness (QED) is 0.749. The highest BCUT2D eigenvalue weighted by Gasteiger charge is 2.20. The van der Waals surface area contributed by atoms with E-state index >= 15 is 0 Å². The summed E-state index contributed by atoms with van der Waals surface area (Å²) in [5.41, 5.74) is 0.828. The van der Waals surface area contributed by atoms with E-state index in [9.17, 15) is 4.39 Å². The first-order chi connectivity index (χ1) is 7.18. The van der Waals surface area contributed by atoms with Gasteiger partial charge in [0.15, 0.2) is 0 Å². The van der Waals surface area contributed by atoms with Gasteiger partial charge in [-0.15, -0.1) is 0 Å². The first-order valence-electron chi connectivity index (χ1n) is 5.03. The van der Waals surface area contributed by atoms with Crippen LogP contribution in [0.15, 0.2) is 12.1 Å². The molecule has 1 atom stereocenters. The molecule has 2 rings (SSSR count). The van der Waals surface area contributed by atoms with Crippen LogP contribution < -0.4 is 5.32 Å². The second kappa shape index (κ2) is 4.69. The molecule has 0 bridgehead atoms. The Kier molecular flexibility index (Phi) is 3.49. The SMILES string of the molecule is Fc1cc(Cl)cc(C2CCCNC2)c1Cl. The van der Waals surface area contributed by atoms with E-state index in [0.29, 0.717) is 5.02 Å². The Morgan fingerprint density at radius 2 is 2.13 bits per heavy atom. The Bertz CT molecular complexity index is 362. The van der Waals surface area contributed by atoms with Crippen molar-refractivity contribution in [3.8, 4) is 0 Å². The van der Waals surface area contributed by atoms with Gasteiger partial charge in [0.25, 0.3) is 0 Å². The molecule has 1 N–H and O–H groups in total. The van der Waals surface area contributed by atoms with E-state index in [0.717, 1.165) is 31.5 Å². The maximum absolute atomic E-state index is 13.4. The van der Waals surface area contributed by atoms with E-state index in [-0.39, 0.29) is 10.9 Å². The number of halogens is 3. The maximum Gasteiger partial charge on any atom is 0.143 e. The molecule has 4 heteroatoms. The summed E-state index contributed by atoms with van der Waals surface area (Å²) in [4.78, 5) is 0. The number of hydrogen-bond donors (Lipinski definition) is 1. The van der Waals surface area contributed by atoms with Crippen molar-refractivity contribution in [3.63, 3.8) is 0 Å². The Hall–Kier alpha value is -0.310. The van der Waals surface area contributed by atoms with Crippen LogP contribution in [0.1, 0.15) is 24.3 Å². The van der Waals surface area contributed by atoms with Gasteiger partial charge in [0.1, 0.15) is 5.82 Å². The minimum atomic E-state index is -0.426. The molecule has 0 amide bonds. The van der Waals surface area contributed by atoms with Gasteiger partial charge in [-0.3, -0.25) is 0 Å². The first kappa shape index (κ1) is 11.2. The molecule has 82 valence electrons. The van der Waals surface area contributed by atoms with Gasteiger partial charge in [0.2, 0.25) is 0 Å². The molecule has 0 saturated carbocycles. The van der Waals surface area contributed by atoms with Crippen molar-refractivity contribution in [2.45, 2.75) is 18.8 Å². The fraction of sp³-hybridized carbons (Fsp3) is 0.455. The lowest BCUT2D eigenvalue weighted by Crippen LogP contribution is -2.28. The minimum absolute atomic E-state index is 0.216. The second-order valence-corrected chi connectivity index (χ2v) is 4.65. The van der Waals surface area contributed by atoms with Crippen LogP contribution in [0.5, 0.6) is 0 Å². The van der Waals surface area contributed by atoms with Crippen LogP contribution in [-0.2, 0) is 0 Å². The largest absolute Gasteiger partial charge is 0.316 e. The van der Waals surface area contributed by atoms with Crippen molar-refractivity contribution in [3.05, 3.63) is 33.6 Å². The van der Waals surface area contributed by atoms with E-state index in [4.69, 9.17) is 23.2 Å².